The molecule has 0 spiro atoms. The molecule has 0 saturated heterocycles. The van der Waals surface area contributed by atoms with Gasteiger partial charge in [0, 0.05) is 11.3 Å². The van der Waals surface area contributed by atoms with E-state index in [0.29, 0.717) is 38.0 Å². The Kier molecular flexibility index (Phi) is 5.39. The van der Waals surface area contributed by atoms with Crippen molar-refractivity contribution >= 4 is 5.97 Å². The van der Waals surface area contributed by atoms with Crippen molar-refractivity contribution in [2.75, 3.05) is 0 Å². The molecule has 35 heavy (non-hydrogen) atoms. The molecule has 0 aliphatic heterocycles. The Morgan fingerprint density at radius 1 is 0.743 bits per heavy atom. The number of carbonyl (C=O) groups is 1. The van der Waals surface area contributed by atoms with Crippen LogP contribution in [0.15, 0.2) is 0 Å². The summed E-state index contributed by atoms with van der Waals surface area (Å²) in [5.74, 6) is -0.631. The Morgan fingerprint density at radius 3 is 2.00 bits per heavy atom. The lowest BCUT2D eigenvalue weighted by Gasteiger charge is -2.76. The summed E-state index contributed by atoms with van der Waals surface area (Å²) in [6, 6.07) is 0. The van der Waals surface area contributed by atoms with Crippen LogP contribution in [0.2, 0.25) is 0 Å². The molecule has 0 aromatic rings. The maximum absolute atomic E-state index is 12.8. The van der Waals surface area contributed by atoms with E-state index in [-0.39, 0.29) is 33.7 Å². The van der Waals surface area contributed by atoms with Gasteiger partial charge in [-0.3, -0.25) is 4.79 Å². The molecule has 5 aliphatic carbocycles. The molecule has 0 bridgehead atoms. The average molecular weight is 491 g/mol. The normalized spacial score (nSPS) is 56.7. The smallest absolute Gasteiger partial charge is 0.310 e. The van der Waals surface area contributed by atoms with Gasteiger partial charge in [-0.1, -0.05) is 48.5 Å². The van der Waals surface area contributed by atoms with Crippen molar-refractivity contribution in [3.05, 3.63) is 0 Å². The van der Waals surface area contributed by atoms with Gasteiger partial charge in [0.2, 0.25) is 0 Å². The van der Waals surface area contributed by atoms with E-state index < -0.39 is 34.4 Å². The molecular weight excluding hydrogens is 440 g/mol. The molecule has 4 N–H and O–H groups in total. The zero-order valence-electron chi connectivity index (χ0n) is 23.2. The fourth-order valence-electron chi connectivity index (χ4n) is 11.4. The van der Waals surface area contributed by atoms with Crippen molar-refractivity contribution in [2.45, 2.75) is 130 Å². The standard InChI is InChI=1S/C30H50O5/c1-24(2)12-14-29(23(33)34)15-13-28(7)27(6)11-8-18-25(3,4)21(31)9-10-26(18,5)19(27)16-22(32)30(28,35)20(29)17-24/h18-22,31-32,35H,8-17H2,1-7H3,(H,33,34)/t18-,19+,20+,21-,22?,26-,27+,28-,29-,30?/m0/s1. The van der Waals surface area contributed by atoms with Crippen molar-refractivity contribution in [2.24, 2.45) is 50.2 Å². The number of rotatable bonds is 1. The number of hydrogen-bond acceptors (Lipinski definition) is 4. The number of aliphatic hydroxyl groups excluding tert-OH is 2. The zero-order chi connectivity index (χ0) is 26.0. The van der Waals surface area contributed by atoms with Gasteiger partial charge >= 0.3 is 5.97 Å². The molecule has 2 unspecified atom stereocenters. The van der Waals surface area contributed by atoms with E-state index in [1.54, 1.807) is 0 Å². The summed E-state index contributed by atoms with van der Waals surface area (Å²) >= 11 is 0. The van der Waals surface area contributed by atoms with E-state index in [4.69, 9.17) is 0 Å². The van der Waals surface area contributed by atoms with Gasteiger partial charge in [-0.2, -0.15) is 0 Å². The van der Waals surface area contributed by atoms with Gasteiger partial charge in [-0.15, -0.1) is 0 Å². The molecular formula is C30H50O5. The van der Waals surface area contributed by atoms with Gasteiger partial charge in [0.15, 0.2) is 0 Å². The minimum Gasteiger partial charge on any atom is -0.481 e. The molecule has 0 aromatic heterocycles. The Labute approximate surface area is 212 Å². The number of carboxylic acids is 1. The van der Waals surface area contributed by atoms with Gasteiger partial charge in [-0.05, 0) is 97.7 Å². The summed E-state index contributed by atoms with van der Waals surface area (Å²) in [5.41, 5.74) is -3.38. The Bertz CT molecular complexity index is 912. The fourth-order valence-corrected chi connectivity index (χ4v) is 11.4. The highest BCUT2D eigenvalue weighted by atomic mass is 16.4. The third-order valence-corrected chi connectivity index (χ3v) is 13.8. The average Bonchev–Trinajstić information content (AvgIpc) is 2.75. The summed E-state index contributed by atoms with van der Waals surface area (Å²) in [6.07, 6.45) is 6.26. The Hall–Kier alpha value is -0.650. The highest BCUT2D eigenvalue weighted by Gasteiger charge is 2.78. The lowest BCUT2D eigenvalue weighted by molar-refractivity contribution is -0.343. The van der Waals surface area contributed by atoms with Crippen molar-refractivity contribution < 1.29 is 25.2 Å². The highest BCUT2D eigenvalue weighted by molar-refractivity contribution is 5.76. The molecule has 5 fully saturated rings. The van der Waals surface area contributed by atoms with Crippen molar-refractivity contribution in [1.29, 1.82) is 0 Å². The van der Waals surface area contributed by atoms with Gasteiger partial charge in [0.25, 0.3) is 0 Å². The SMILES string of the molecule is CC1(C)CC[C@]2(C(=O)O)CC[C@]3(C)C(O)(C(O)C[C@@H]4[C@@]5(C)CC[C@H](O)C(C)(C)[C@@H]5CC[C@]43C)[C@@H]2C1. The minimum atomic E-state index is -1.42. The monoisotopic (exact) mass is 490 g/mol. The van der Waals surface area contributed by atoms with Crippen molar-refractivity contribution in [3.63, 3.8) is 0 Å². The second kappa shape index (κ2) is 7.26. The largest absolute Gasteiger partial charge is 0.481 e. The van der Waals surface area contributed by atoms with Crippen LogP contribution in [0.1, 0.15) is 113 Å². The topological polar surface area (TPSA) is 98.0 Å². The van der Waals surface area contributed by atoms with Crippen LogP contribution in [0.5, 0.6) is 0 Å². The van der Waals surface area contributed by atoms with Crippen molar-refractivity contribution in [3.8, 4) is 0 Å². The van der Waals surface area contributed by atoms with E-state index in [1.165, 1.54) is 0 Å². The second-order valence-electron chi connectivity index (χ2n) is 15.7. The van der Waals surface area contributed by atoms with E-state index in [0.717, 1.165) is 32.1 Å². The number of fused-ring (bicyclic) bond motifs is 7. The van der Waals surface area contributed by atoms with Gasteiger partial charge in [-0.25, -0.2) is 0 Å². The van der Waals surface area contributed by atoms with E-state index in [2.05, 4.69) is 48.5 Å². The molecule has 5 heteroatoms. The number of hydrogen-bond donors (Lipinski definition) is 4. The van der Waals surface area contributed by atoms with Crippen LogP contribution < -0.4 is 0 Å². The fraction of sp³-hybridized carbons (Fsp3) is 0.967. The summed E-state index contributed by atoms with van der Waals surface area (Å²) in [4.78, 5) is 12.8. The molecule has 0 heterocycles. The quantitative estimate of drug-likeness (QED) is 0.395. The summed E-state index contributed by atoms with van der Waals surface area (Å²) in [5, 5.41) is 46.2. The highest BCUT2D eigenvalue weighted by Crippen LogP contribution is 2.78. The lowest BCUT2D eigenvalue weighted by atomic mass is 9.29. The molecule has 200 valence electrons. The van der Waals surface area contributed by atoms with Crippen molar-refractivity contribution in [1.82, 2.24) is 0 Å². The van der Waals surface area contributed by atoms with E-state index in [1.807, 2.05) is 0 Å². The van der Waals surface area contributed by atoms with Crippen LogP contribution in [0.3, 0.4) is 0 Å². The number of carboxylic acid groups (broad SMARTS) is 1. The van der Waals surface area contributed by atoms with Crippen LogP contribution in [-0.2, 0) is 4.79 Å². The molecule has 5 saturated carbocycles. The lowest BCUT2D eigenvalue weighted by Crippen LogP contribution is -2.78. The number of aliphatic hydroxyl groups is 3. The molecule has 0 aromatic carbocycles. The van der Waals surface area contributed by atoms with E-state index >= 15 is 0 Å². The van der Waals surface area contributed by atoms with Gasteiger partial charge in [0.05, 0.1) is 17.6 Å². The minimum absolute atomic E-state index is 0.0196. The molecule has 5 nitrogen and oxygen atoms in total. The molecule has 0 radical (unpaired) electrons. The third-order valence-electron chi connectivity index (χ3n) is 13.8. The Morgan fingerprint density at radius 2 is 1.37 bits per heavy atom. The Balaban J connectivity index is 1.63. The van der Waals surface area contributed by atoms with E-state index in [9.17, 15) is 25.2 Å². The third kappa shape index (κ3) is 2.90. The van der Waals surface area contributed by atoms with Crippen LogP contribution in [-0.4, -0.2) is 44.2 Å². The first-order valence-electron chi connectivity index (χ1n) is 14.2. The molecule has 0 amide bonds. The van der Waals surface area contributed by atoms with Crippen LogP contribution >= 0.6 is 0 Å². The van der Waals surface area contributed by atoms with Crippen LogP contribution in [0.4, 0.5) is 0 Å². The number of aliphatic carboxylic acids is 1. The molecule has 10 atom stereocenters. The first-order valence-corrected chi connectivity index (χ1v) is 14.2. The van der Waals surface area contributed by atoms with Gasteiger partial charge < -0.3 is 20.4 Å². The maximum Gasteiger partial charge on any atom is 0.310 e. The summed E-state index contributed by atoms with van der Waals surface area (Å²) in [7, 11) is 0. The predicted molar refractivity (Wildman–Crippen MR) is 136 cm³/mol. The zero-order valence-corrected chi connectivity index (χ0v) is 23.2. The van der Waals surface area contributed by atoms with Crippen LogP contribution in [0.25, 0.3) is 0 Å². The first kappa shape index (κ1) is 26.0. The predicted octanol–water partition coefficient (Wildman–Crippen LogP) is 5.40. The maximum atomic E-state index is 12.8. The molecule has 5 rings (SSSR count). The molecule has 5 aliphatic rings. The second-order valence-corrected chi connectivity index (χ2v) is 15.7. The summed E-state index contributed by atoms with van der Waals surface area (Å²) in [6.45, 7) is 15.8. The van der Waals surface area contributed by atoms with Crippen LogP contribution in [0, 0.1) is 50.2 Å². The summed E-state index contributed by atoms with van der Waals surface area (Å²) < 4.78 is 0. The first-order chi connectivity index (χ1) is 15.9. The van der Waals surface area contributed by atoms with Gasteiger partial charge in [0.1, 0.15) is 5.60 Å².